The zero-order valence-electron chi connectivity index (χ0n) is 19.6. The van der Waals surface area contributed by atoms with E-state index >= 15 is 0 Å². The van der Waals surface area contributed by atoms with Gasteiger partial charge in [-0.3, -0.25) is 9.69 Å². The van der Waals surface area contributed by atoms with Gasteiger partial charge in [0.05, 0.1) is 6.04 Å². The quantitative estimate of drug-likeness (QED) is 0.760. The fourth-order valence-electron chi connectivity index (χ4n) is 7.35. The van der Waals surface area contributed by atoms with Gasteiger partial charge in [-0.25, -0.2) is 0 Å². The molecule has 1 aromatic rings. The van der Waals surface area contributed by atoms with Crippen LogP contribution in [0.15, 0.2) is 24.3 Å². The van der Waals surface area contributed by atoms with E-state index in [9.17, 15) is 4.79 Å². The van der Waals surface area contributed by atoms with Crippen LogP contribution in [0.5, 0.6) is 0 Å². The second-order valence-corrected chi connectivity index (χ2v) is 11.2. The number of carbonyl (C=O) groups is 1. The van der Waals surface area contributed by atoms with E-state index < -0.39 is 0 Å². The molecule has 5 nitrogen and oxygen atoms in total. The molecule has 6 rings (SSSR count). The zero-order valence-corrected chi connectivity index (χ0v) is 19.6. The second kappa shape index (κ2) is 8.40. The highest BCUT2D eigenvalue weighted by molar-refractivity contribution is 5.83. The minimum Gasteiger partial charge on any atom is -0.378 e. The maximum atomic E-state index is 13.6. The lowest BCUT2D eigenvalue weighted by Gasteiger charge is -2.55. The van der Waals surface area contributed by atoms with Gasteiger partial charge in [-0.15, -0.1) is 0 Å². The summed E-state index contributed by atoms with van der Waals surface area (Å²) in [7, 11) is 6.37. The van der Waals surface area contributed by atoms with Gasteiger partial charge in [-0.1, -0.05) is 12.1 Å². The fourth-order valence-corrected chi connectivity index (χ4v) is 7.35. The van der Waals surface area contributed by atoms with Crippen molar-refractivity contribution in [3.05, 3.63) is 29.8 Å². The predicted octanol–water partition coefficient (Wildman–Crippen LogP) is 3.37. The lowest BCUT2D eigenvalue weighted by molar-refractivity contribution is -0.146. The monoisotopic (exact) mass is 424 g/mol. The van der Waals surface area contributed by atoms with E-state index in [0.29, 0.717) is 5.91 Å². The lowest BCUT2D eigenvalue weighted by Crippen LogP contribution is -2.55. The summed E-state index contributed by atoms with van der Waals surface area (Å²) in [5.41, 5.74) is 2.48. The molecule has 5 heteroatoms. The van der Waals surface area contributed by atoms with Crippen LogP contribution in [-0.4, -0.2) is 69.6 Å². The van der Waals surface area contributed by atoms with Crippen molar-refractivity contribution in [3.63, 3.8) is 0 Å². The summed E-state index contributed by atoms with van der Waals surface area (Å²) in [6.45, 7) is 5.03. The van der Waals surface area contributed by atoms with Crippen molar-refractivity contribution in [2.24, 2.45) is 23.2 Å². The Balaban J connectivity index is 1.30. The Kier molecular flexibility index (Phi) is 5.76. The number of nitrogens with zero attached hydrogens (tertiary/aromatic N) is 3. The number of hydrogen-bond donors (Lipinski definition) is 1. The summed E-state index contributed by atoms with van der Waals surface area (Å²) in [5.74, 6) is 2.78. The largest absolute Gasteiger partial charge is 0.378 e. The molecule has 4 bridgehead atoms. The Hall–Kier alpha value is -1.59. The molecule has 1 N–H and O–H groups in total. The zero-order chi connectivity index (χ0) is 21.6. The molecule has 170 valence electrons. The van der Waals surface area contributed by atoms with Crippen LogP contribution >= 0.6 is 0 Å². The SMILES string of the molecule is CN1CCN(C(CNC(=O)C23CC4CC(CC(C4)C2)C3)c2ccc(N(C)C)cc2)CC1. The molecule has 4 aliphatic carbocycles. The highest BCUT2D eigenvalue weighted by atomic mass is 16.2. The van der Waals surface area contributed by atoms with Gasteiger partial charge in [0.25, 0.3) is 0 Å². The van der Waals surface area contributed by atoms with Crippen LogP contribution in [0.25, 0.3) is 0 Å². The molecule has 4 saturated carbocycles. The number of carbonyl (C=O) groups excluding carboxylic acids is 1. The topological polar surface area (TPSA) is 38.8 Å². The van der Waals surface area contributed by atoms with Gasteiger partial charge in [0, 0.05) is 57.9 Å². The third-order valence-electron chi connectivity index (χ3n) is 8.75. The summed E-state index contributed by atoms with van der Waals surface area (Å²) in [6, 6.07) is 9.19. The van der Waals surface area contributed by atoms with Crippen LogP contribution in [-0.2, 0) is 4.79 Å². The third kappa shape index (κ3) is 4.23. The number of amides is 1. The Labute approximate surface area is 188 Å². The van der Waals surface area contributed by atoms with Crippen LogP contribution in [0.1, 0.15) is 50.1 Å². The molecule has 1 atom stereocenters. The first-order valence-corrected chi connectivity index (χ1v) is 12.4. The first-order valence-electron chi connectivity index (χ1n) is 12.4. The Morgan fingerprint density at radius 1 is 1.00 bits per heavy atom. The molecule has 1 unspecified atom stereocenters. The molecule has 0 aromatic heterocycles. The number of hydrogen-bond acceptors (Lipinski definition) is 4. The summed E-state index contributed by atoms with van der Waals surface area (Å²) < 4.78 is 0. The van der Waals surface area contributed by atoms with Crippen molar-refractivity contribution in [2.45, 2.75) is 44.6 Å². The summed E-state index contributed by atoms with van der Waals surface area (Å²) in [4.78, 5) is 20.7. The minimum absolute atomic E-state index is 0.0593. The predicted molar refractivity (Wildman–Crippen MR) is 126 cm³/mol. The van der Waals surface area contributed by atoms with Gasteiger partial charge in [-0.05, 0) is 81.0 Å². The highest BCUT2D eigenvalue weighted by Gasteiger charge is 2.54. The average molecular weight is 425 g/mol. The number of benzene rings is 1. The lowest BCUT2D eigenvalue weighted by atomic mass is 9.49. The maximum absolute atomic E-state index is 13.6. The molecule has 1 amide bonds. The fraction of sp³-hybridized carbons (Fsp3) is 0.731. The number of nitrogens with one attached hydrogen (secondary N) is 1. The molecule has 1 aliphatic heterocycles. The van der Waals surface area contributed by atoms with E-state index in [-0.39, 0.29) is 11.5 Å². The molecule has 31 heavy (non-hydrogen) atoms. The molecule has 0 radical (unpaired) electrons. The standard InChI is InChI=1S/C26H40N4O/c1-28(2)23-6-4-22(5-7-23)24(30-10-8-29(3)9-11-30)18-27-25(31)26-15-19-12-20(16-26)14-21(13-19)17-26/h4-7,19-21,24H,8-18H2,1-3H3,(H,27,31). The van der Waals surface area contributed by atoms with Gasteiger partial charge in [-0.2, -0.15) is 0 Å². The van der Waals surface area contributed by atoms with Gasteiger partial charge in [0.15, 0.2) is 0 Å². The first kappa shape index (κ1) is 21.3. The van der Waals surface area contributed by atoms with E-state index in [0.717, 1.165) is 69.7 Å². The van der Waals surface area contributed by atoms with E-state index in [1.807, 2.05) is 0 Å². The van der Waals surface area contributed by atoms with Crippen molar-refractivity contribution in [1.82, 2.24) is 15.1 Å². The van der Waals surface area contributed by atoms with Crippen LogP contribution in [0.4, 0.5) is 5.69 Å². The van der Waals surface area contributed by atoms with Gasteiger partial charge in [0.2, 0.25) is 5.91 Å². The van der Waals surface area contributed by atoms with E-state index in [1.54, 1.807) is 0 Å². The number of likely N-dealkylation sites (N-methyl/N-ethyl adjacent to an activating group) is 1. The maximum Gasteiger partial charge on any atom is 0.226 e. The smallest absolute Gasteiger partial charge is 0.226 e. The van der Waals surface area contributed by atoms with Crippen LogP contribution in [0, 0.1) is 23.2 Å². The Morgan fingerprint density at radius 3 is 2.06 bits per heavy atom. The number of piperazine rings is 1. The number of rotatable bonds is 6. The Morgan fingerprint density at radius 2 is 1.55 bits per heavy atom. The third-order valence-corrected chi connectivity index (χ3v) is 8.75. The molecule has 5 aliphatic rings. The van der Waals surface area contributed by atoms with E-state index in [1.165, 1.54) is 30.5 Å². The van der Waals surface area contributed by atoms with Crippen molar-refractivity contribution in [2.75, 3.05) is 58.8 Å². The summed E-state index contributed by atoms with van der Waals surface area (Å²) in [6.07, 6.45) is 7.57. The average Bonchev–Trinajstić information content (AvgIpc) is 2.74. The molecule has 1 aromatic carbocycles. The van der Waals surface area contributed by atoms with E-state index in [2.05, 4.69) is 65.4 Å². The van der Waals surface area contributed by atoms with Gasteiger partial charge >= 0.3 is 0 Å². The van der Waals surface area contributed by atoms with Gasteiger partial charge < -0.3 is 15.1 Å². The minimum atomic E-state index is -0.0593. The molecular formula is C26H40N4O. The summed E-state index contributed by atoms with van der Waals surface area (Å²) in [5, 5.41) is 3.48. The number of anilines is 1. The van der Waals surface area contributed by atoms with Crippen LogP contribution in [0.2, 0.25) is 0 Å². The van der Waals surface area contributed by atoms with Crippen molar-refractivity contribution < 1.29 is 4.79 Å². The van der Waals surface area contributed by atoms with Crippen molar-refractivity contribution >= 4 is 11.6 Å². The second-order valence-electron chi connectivity index (χ2n) is 11.2. The first-order chi connectivity index (χ1) is 14.9. The molecule has 1 heterocycles. The van der Waals surface area contributed by atoms with Gasteiger partial charge in [0.1, 0.15) is 0 Å². The molecule has 0 spiro atoms. The Bertz CT molecular complexity index is 746. The van der Waals surface area contributed by atoms with Crippen molar-refractivity contribution in [3.8, 4) is 0 Å². The molecule has 5 fully saturated rings. The normalized spacial score (nSPS) is 34.0. The molecular weight excluding hydrogens is 384 g/mol. The highest BCUT2D eigenvalue weighted by Crippen LogP contribution is 2.60. The van der Waals surface area contributed by atoms with Crippen LogP contribution in [0.3, 0.4) is 0 Å². The summed E-state index contributed by atoms with van der Waals surface area (Å²) >= 11 is 0. The molecule has 1 saturated heterocycles. The van der Waals surface area contributed by atoms with E-state index in [4.69, 9.17) is 0 Å². The van der Waals surface area contributed by atoms with Crippen LogP contribution < -0.4 is 10.2 Å². The van der Waals surface area contributed by atoms with Crippen molar-refractivity contribution in [1.29, 1.82) is 0 Å².